The normalized spacial score (nSPS) is 15.0. The van der Waals surface area contributed by atoms with Crippen LogP contribution in [0.4, 0.5) is 5.69 Å². The average Bonchev–Trinajstić information content (AvgIpc) is 3.38. The van der Waals surface area contributed by atoms with Crippen molar-refractivity contribution >= 4 is 61.7 Å². The van der Waals surface area contributed by atoms with Crippen molar-refractivity contribution in [2.24, 2.45) is 5.41 Å². The predicted molar refractivity (Wildman–Crippen MR) is 163 cm³/mol. The summed E-state index contributed by atoms with van der Waals surface area (Å²) in [6.45, 7) is 6.89. The van der Waals surface area contributed by atoms with Crippen LogP contribution in [0.25, 0.3) is 16.7 Å². The van der Waals surface area contributed by atoms with Crippen molar-refractivity contribution in [3.63, 3.8) is 0 Å². The molecule has 11 nitrogen and oxygen atoms in total. The topological polar surface area (TPSA) is 135 Å². The number of benzene rings is 2. The molecule has 0 spiro atoms. The number of aliphatic carboxylic acids is 1. The Morgan fingerprint density at radius 3 is 2.26 bits per heavy atom. The molecule has 43 heavy (non-hydrogen) atoms. The second-order valence-corrected chi connectivity index (χ2v) is 13.8. The van der Waals surface area contributed by atoms with Crippen LogP contribution in [0.3, 0.4) is 0 Å². The summed E-state index contributed by atoms with van der Waals surface area (Å²) >= 11 is 12.2. The lowest BCUT2D eigenvalue weighted by Gasteiger charge is -2.37. The summed E-state index contributed by atoms with van der Waals surface area (Å²) in [6.07, 6.45) is 4.63. The van der Waals surface area contributed by atoms with E-state index < -0.39 is 27.4 Å². The molecule has 0 aliphatic carbocycles. The van der Waals surface area contributed by atoms with Crippen molar-refractivity contribution in [1.82, 2.24) is 19.4 Å². The van der Waals surface area contributed by atoms with Gasteiger partial charge in [0.15, 0.2) is 5.82 Å². The van der Waals surface area contributed by atoms with Crippen molar-refractivity contribution in [1.29, 1.82) is 0 Å². The molecule has 14 heteroatoms. The van der Waals surface area contributed by atoms with Gasteiger partial charge in [-0.2, -0.15) is 0 Å². The van der Waals surface area contributed by atoms with Crippen LogP contribution in [-0.4, -0.2) is 77.2 Å². The third-order valence-corrected chi connectivity index (χ3v) is 9.22. The van der Waals surface area contributed by atoms with Crippen LogP contribution in [0, 0.1) is 5.41 Å². The fraction of sp³-hybridized carbons (Fsp3) is 0.310. The van der Waals surface area contributed by atoms with E-state index >= 15 is 0 Å². The number of aromatic nitrogens is 3. The first-order valence-electron chi connectivity index (χ1n) is 13.3. The van der Waals surface area contributed by atoms with Crippen LogP contribution in [0.1, 0.15) is 31.3 Å². The van der Waals surface area contributed by atoms with Gasteiger partial charge in [-0.3, -0.25) is 13.7 Å². The van der Waals surface area contributed by atoms with E-state index in [-0.39, 0.29) is 32.2 Å². The van der Waals surface area contributed by atoms with Crippen LogP contribution in [0.5, 0.6) is 0 Å². The number of morpholine rings is 1. The molecule has 0 saturated carbocycles. The quantitative estimate of drug-likeness (QED) is 0.300. The van der Waals surface area contributed by atoms with Crippen molar-refractivity contribution in [3.8, 4) is 5.82 Å². The van der Waals surface area contributed by atoms with Crippen LogP contribution in [0.15, 0.2) is 66.0 Å². The first kappa shape index (κ1) is 30.7. The van der Waals surface area contributed by atoms with E-state index in [9.17, 15) is 23.1 Å². The molecule has 2 aromatic heterocycles. The van der Waals surface area contributed by atoms with Gasteiger partial charge in [0.2, 0.25) is 0 Å². The zero-order valence-electron chi connectivity index (χ0n) is 23.6. The number of ether oxygens (including phenoxy) is 1. The van der Waals surface area contributed by atoms with E-state index in [1.807, 2.05) is 0 Å². The van der Waals surface area contributed by atoms with Crippen LogP contribution in [-0.2, 0) is 19.6 Å². The summed E-state index contributed by atoms with van der Waals surface area (Å²) in [5.74, 6) is -1.10. The fourth-order valence-electron chi connectivity index (χ4n) is 4.99. The van der Waals surface area contributed by atoms with E-state index in [0.717, 1.165) is 4.31 Å². The maximum absolute atomic E-state index is 14.1. The number of nitrogens with zero attached hydrogens (tertiary/aromatic N) is 5. The lowest BCUT2D eigenvalue weighted by Crippen LogP contribution is -2.52. The SMILES string of the molecule is CC(C)(C)C(C(=O)O)N(c1ccc2c(ccn2-c2cnc(C(=O)N3CCOCC3)cn2)c1)S(=O)(=O)c1cc(Cl)cc(Cl)c1. The summed E-state index contributed by atoms with van der Waals surface area (Å²) < 4.78 is 36.1. The van der Waals surface area contributed by atoms with E-state index in [4.69, 9.17) is 27.9 Å². The number of sulfonamides is 1. The number of anilines is 1. The summed E-state index contributed by atoms with van der Waals surface area (Å²) in [7, 11) is -4.45. The summed E-state index contributed by atoms with van der Waals surface area (Å²) in [4.78, 5) is 35.5. The Labute approximate surface area is 258 Å². The molecule has 1 atom stereocenters. The zero-order valence-corrected chi connectivity index (χ0v) is 25.9. The predicted octanol–water partition coefficient (Wildman–Crippen LogP) is 4.89. The van der Waals surface area contributed by atoms with Gasteiger partial charge >= 0.3 is 5.97 Å². The molecule has 1 aliphatic heterocycles. The highest BCUT2D eigenvalue weighted by Crippen LogP contribution is 2.37. The molecule has 1 saturated heterocycles. The minimum atomic E-state index is -4.45. The Bertz CT molecular complexity index is 1780. The van der Waals surface area contributed by atoms with Gasteiger partial charge in [-0.05, 0) is 47.9 Å². The lowest BCUT2D eigenvalue weighted by molar-refractivity contribution is -0.140. The molecule has 3 heterocycles. The Hall–Kier alpha value is -3.71. The maximum atomic E-state index is 14.1. The first-order chi connectivity index (χ1) is 20.3. The van der Waals surface area contributed by atoms with Gasteiger partial charge < -0.3 is 14.7 Å². The molecule has 0 bridgehead atoms. The molecule has 2 aromatic carbocycles. The molecule has 5 rings (SSSR count). The van der Waals surface area contributed by atoms with Gasteiger partial charge in [0.25, 0.3) is 15.9 Å². The highest BCUT2D eigenvalue weighted by atomic mass is 35.5. The van der Waals surface area contributed by atoms with Crippen LogP contribution < -0.4 is 4.31 Å². The molecule has 1 amide bonds. The summed E-state index contributed by atoms with van der Waals surface area (Å²) in [5.41, 5.74) is 0.0172. The Morgan fingerprint density at radius 2 is 1.67 bits per heavy atom. The number of rotatable bonds is 7. The number of hydrogen-bond donors (Lipinski definition) is 1. The van der Waals surface area contributed by atoms with Gasteiger partial charge in [-0.1, -0.05) is 44.0 Å². The molecule has 1 aliphatic rings. The van der Waals surface area contributed by atoms with Crippen molar-refractivity contribution in [2.75, 3.05) is 30.6 Å². The fourth-order valence-corrected chi connectivity index (χ4v) is 7.50. The number of halogens is 2. The molecule has 0 radical (unpaired) electrons. The minimum absolute atomic E-state index is 0.0972. The van der Waals surface area contributed by atoms with Gasteiger partial charge in [0.1, 0.15) is 11.7 Å². The molecule has 226 valence electrons. The van der Waals surface area contributed by atoms with Gasteiger partial charge in [-0.25, -0.2) is 23.2 Å². The zero-order chi connectivity index (χ0) is 31.1. The monoisotopic (exact) mass is 645 g/mol. The average molecular weight is 647 g/mol. The molecule has 1 N–H and O–H groups in total. The van der Waals surface area contributed by atoms with E-state index in [1.165, 1.54) is 36.7 Å². The van der Waals surface area contributed by atoms with E-state index in [0.29, 0.717) is 43.0 Å². The van der Waals surface area contributed by atoms with Crippen molar-refractivity contribution in [2.45, 2.75) is 31.7 Å². The van der Waals surface area contributed by atoms with Gasteiger partial charge in [0, 0.05) is 34.7 Å². The number of carbonyl (C=O) groups excluding carboxylic acids is 1. The smallest absolute Gasteiger partial charge is 0.328 e. The van der Waals surface area contributed by atoms with Crippen molar-refractivity contribution in [3.05, 3.63) is 76.8 Å². The summed E-state index contributed by atoms with van der Waals surface area (Å²) in [5, 5.41) is 11.1. The van der Waals surface area contributed by atoms with Crippen LogP contribution >= 0.6 is 23.2 Å². The molecule has 1 fully saturated rings. The van der Waals surface area contributed by atoms with Gasteiger partial charge in [-0.15, -0.1) is 0 Å². The lowest BCUT2D eigenvalue weighted by atomic mass is 9.86. The molecule has 1 unspecified atom stereocenters. The Morgan fingerprint density at radius 1 is 1.00 bits per heavy atom. The maximum Gasteiger partial charge on any atom is 0.328 e. The van der Waals surface area contributed by atoms with Crippen LogP contribution in [0.2, 0.25) is 10.0 Å². The number of carboxylic acid groups (broad SMARTS) is 1. The summed E-state index contributed by atoms with van der Waals surface area (Å²) in [6, 6.07) is 8.95. The number of carboxylic acids is 1. The van der Waals surface area contributed by atoms with E-state index in [1.54, 1.807) is 54.6 Å². The minimum Gasteiger partial charge on any atom is -0.480 e. The third-order valence-electron chi connectivity index (χ3n) is 7.01. The number of amides is 1. The highest BCUT2D eigenvalue weighted by Gasteiger charge is 2.43. The number of fused-ring (bicyclic) bond motifs is 1. The molecular formula is C29H29Cl2N5O6S. The second-order valence-electron chi connectivity index (χ2n) is 11.1. The van der Waals surface area contributed by atoms with Gasteiger partial charge in [0.05, 0.1) is 41.7 Å². The highest BCUT2D eigenvalue weighted by molar-refractivity contribution is 7.93. The van der Waals surface area contributed by atoms with E-state index in [2.05, 4.69) is 9.97 Å². The number of hydrogen-bond acceptors (Lipinski definition) is 7. The standard InChI is InChI=1S/C29H29Cl2N5O6S/c1-29(2,3)26(28(38)39)36(43(40,41)22-14-19(30)13-20(31)15-22)21-4-5-24-18(12-21)6-7-35(24)25-17-32-23(16-33-25)27(37)34-8-10-42-11-9-34/h4-7,12-17,26H,8-11H2,1-3H3,(H,38,39). The molecular weight excluding hydrogens is 617 g/mol. The Balaban J connectivity index is 1.55. The van der Waals surface area contributed by atoms with Crippen molar-refractivity contribution < 1.29 is 27.9 Å². The third kappa shape index (κ3) is 6.19. The first-order valence-corrected chi connectivity index (χ1v) is 15.5. The molecule has 4 aromatic rings. The largest absolute Gasteiger partial charge is 0.480 e. The number of carbonyl (C=O) groups is 2. The Kier molecular flexibility index (Phi) is 8.41. The second kappa shape index (κ2) is 11.8.